The van der Waals surface area contributed by atoms with Crippen LogP contribution in [-0.4, -0.2) is 27.8 Å². The van der Waals surface area contributed by atoms with E-state index < -0.39 is 5.54 Å². The Bertz CT molecular complexity index is 670. The second-order valence-corrected chi connectivity index (χ2v) is 6.16. The molecule has 22 heavy (non-hydrogen) atoms. The molecule has 0 radical (unpaired) electrons. The molecule has 8 heteroatoms. The third-order valence-electron chi connectivity index (χ3n) is 2.96. The van der Waals surface area contributed by atoms with E-state index in [0.717, 1.165) is 0 Å². The number of aromatic nitrogens is 2. The molecule has 0 fully saturated rings. The third-order valence-corrected chi connectivity index (χ3v) is 3.50. The zero-order chi connectivity index (χ0) is 15.6. The summed E-state index contributed by atoms with van der Waals surface area (Å²) < 4.78 is 1.53. The second kappa shape index (κ2) is 7.33. The summed E-state index contributed by atoms with van der Waals surface area (Å²) in [6.45, 7) is 4.05. The first-order valence-electron chi connectivity index (χ1n) is 6.35. The lowest BCUT2D eigenvalue weighted by Gasteiger charge is -2.23. The number of carbonyl (C=O) groups excluding carboxylic acids is 1. The molecule has 5 nitrogen and oxygen atoms in total. The minimum atomic E-state index is -0.475. The van der Waals surface area contributed by atoms with Crippen LogP contribution in [-0.2, 0) is 0 Å². The first-order chi connectivity index (χ1) is 9.82. The van der Waals surface area contributed by atoms with E-state index in [0.29, 0.717) is 27.8 Å². The van der Waals surface area contributed by atoms with Crippen LogP contribution in [0, 0.1) is 0 Å². The van der Waals surface area contributed by atoms with Crippen molar-refractivity contribution in [2.24, 2.45) is 5.73 Å². The lowest BCUT2D eigenvalue weighted by Crippen LogP contribution is -2.48. The maximum absolute atomic E-state index is 12.1. The van der Waals surface area contributed by atoms with Crippen molar-refractivity contribution in [1.82, 2.24) is 15.1 Å². The molecule has 0 saturated carbocycles. The van der Waals surface area contributed by atoms with Crippen LogP contribution >= 0.6 is 35.6 Å². The summed E-state index contributed by atoms with van der Waals surface area (Å²) in [4.78, 5) is 12.1. The molecule has 0 aliphatic rings. The number of amides is 1. The van der Waals surface area contributed by atoms with Gasteiger partial charge < -0.3 is 11.1 Å². The number of rotatable bonds is 4. The normalized spacial score (nSPS) is 11.0. The lowest BCUT2D eigenvalue weighted by atomic mass is 10.1. The predicted octanol–water partition coefficient (Wildman–Crippen LogP) is 3.07. The van der Waals surface area contributed by atoms with Crippen molar-refractivity contribution < 1.29 is 4.79 Å². The van der Waals surface area contributed by atoms with Crippen molar-refractivity contribution in [3.05, 3.63) is 46.2 Å². The summed E-state index contributed by atoms with van der Waals surface area (Å²) in [6, 6.07) is 5.07. The van der Waals surface area contributed by atoms with Gasteiger partial charge in [0, 0.05) is 23.3 Å². The molecule has 2 rings (SSSR count). The maximum atomic E-state index is 12.1. The molecule has 0 bridgehead atoms. The van der Waals surface area contributed by atoms with Crippen LogP contribution in [0.2, 0.25) is 10.0 Å². The van der Waals surface area contributed by atoms with E-state index in [2.05, 4.69) is 10.4 Å². The Hall–Kier alpha value is -1.27. The van der Waals surface area contributed by atoms with Crippen molar-refractivity contribution in [2.45, 2.75) is 19.4 Å². The molecule has 0 aliphatic carbocycles. The summed E-state index contributed by atoms with van der Waals surface area (Å²) in [5.74, 6) is -0.234. The molecule has 1 aromatic heterocycles. The number of benzene rings is 1. The largest absolute Gasteiger partial charge is 0.346 e. The highest BCUT2D eigenvalue weighted by Gasteiger charge is 2.20. The topological polar surface area (TPSA) is 72.9 Å². The van der Waals surface area contributed by atoms with Gasteiger partial charge in [-0.25, -0.2) is 4.68 Å². The van der Waals surface area contributed by atoms with Crippen molar-refractivity contribution in [3.63, 3.8) is 0 Å². The third kappa shape index (κ3) is 4.36. The highest BCUT2D eigenvalue weighted by Crippen LogP contribution is 2.24. The van der Waals surface area contributed by atoms with Crippen molar-refractivity contribution in [1.29, 1.82) is 0 Å². The van der Waals surface area contributed by atoms with E-state index in [-0.39, 0.29) is 18.3 Å². The lowest BCUT2D eigenvalue weighted by molar-refractivity contribution is 0.0915. The number of hydrogen-bond acceptors (Lipinski definition) is 3. The fourth-order valence-electron chi connectivity index (χ4n) is 1.67. The van der Waals surface area contributed by atoms with Crippen LogP contribution in [0.3, 0.4) is 0 Å². The Kier molecular flexibility index (Phi) is 6.26. The molecule has 2 aromatic rings. The molecule has 0 atom stereocenters. The molecule has 120 valence electrons. The highest BCUT2D eigenvalue weighted by atomic mass is 35.5. The molecular weight excluding hydrogens is 347 g/mol. The molecule has 1 amide bonds. The molecule has 3 N–H and O–H groups in total. The fourth-order valence-corrected chi connectivity index (χ4v) is 2.16. The van der Waals surface area contributed by atoms with Gasteiger partial charge in [0.1, 0.15) is 0 Å². The number of nitrogens with two attached hydrogens (primary N) is 1. The molecule has 0 spiro atoms. The van der Waals surface area contributed by atoms with E-state index in [1.54, 1.807) is 24.4 Å². The Balaban J connectivity index is 0.00000242. The predicted molar refractivity (Wildman–Crippen MR) is 91.4 cm³/mol. The summed E-state index contributed by atoms with van der Waals surface area (Å²) in [5, 5.41) is 7.99. The van der Waals surface area contributed by atoms with Crippen LogP contribution in [0.5, 0.6) is 0 Å². The smallest absolute Gasteiger partial charge is 0.254 e. The average molecular weight is 364 g/mol. The molecule has 0 aliphatic heterocycles. The number of carbonyl (C=O) groups is 1. The Labute approximate surface area is 145 Å². The van der Waals surface area contributed by atoms with Crippen molar-refractivity contribution in [3.8, 4) is 5.69 Å². The van der Waals surface area contributed by atoms with Crippen LogP contribution in [0.15, 0.2) is 30.6 Å². The van der Waals surface area contributed by atoms with E-state index in [4.69, 9.17) is 28.9 Å². The molecular formula is C14H17Cl3N4O. The Morgan fingerprint density at radius 2 is 2.09 bits per heavy atom. The SMILES string of the molecule is CC(C)(CN)NC(=O)c1cnn(-c2ccc(Cl)cc2Cl)c1.Cl. The van der Waals surface area contributed by atoms with Gasteiger partial charge >= 0.3 is 0 Å². The quantitative estimate of drug-likeness (QED) is 0.877. The van der Waals surface area contributed by atoms with Crippen LogP contribution in [0.1, 0.15) is 24.2 Å². The Morgan fingerprint density at radius 1 is 1.41 bits per heavy atom. The van der Waals surface area contributed by atoms with Gasteiger partial charge in [-0.15, -0.1) is 12.4 Å². The summed E-state index contributed by atoms with van der Waals surface area (Å²) in [5.41, 5.74) is 6.21. The standard InChI is InChI=1S/C14H16Cl2N4O.ClH/c1-14(2,8-17)19-13(21)9-6-18-20(7-9)12-4-3-10(15)5-11(12)16;/h3-7H,8,17H2,1-2H3,(H,19,21);1H. The molecule has 0 unspecified atom stereocenters. The minimum absolute atomic E-state index is 0. The first kappa shape index (κ1) is 18.8. The zero-order valence-corrected chi connectivity index (χ0v) is 14.5. The van der Waals surface area contributed by atoms with Gasteiger partial charge in [0.2, 0.25) is 0 Å². The van der Waals surface area contributed by atoms with Crippen molar-refractivity contribution >= 4 is 41.5 Å². The van der Waals surface area contributed by atoms with Gasteiger partial charge in [-0.2, -0.15) is 5.10 Å². The van der Waals surface area contributed by atoms with Crippen LogP contribution < -0.4 is 11.1 Å². The maximum Gasteiger partial charge on any atom is 0.254 e. The minimum Gasteiger partial charge on any atom is -0.346 e. The van der Waals surface area contributed by atoms with Gasteiger partial charge in [0.15, 0.2) is 0 Å². The molecule has 1 heterocycles. The number of nitrogens with zero attached hydrogens (tertiary/aromatic N) is 2. The number of halogens is 3. The number of nitrogens with one attached hydrogen (secondary N) is 1. The Morgan fingerprint density at radius 3 is 2.68 bits per heavy atom. The van der Waals surface area contributed by atoms with Gasteiger partial charge in [-0.05, 0) is 32.0 Å². The van der Waals surface area contributed by atoms with E-state index in [1.807, 2.05) is 13.8 Å². The second-order valence-electron chi connectivity index (χ2n) is 5.31. The van der Waals surface area contributed by atoms with Gasteiger partial charge in [-0.1, -0.05) is 23.2 Å². The van der Waals surface area contributed by atoms with Gasteiger partial charge in [0.25, 0.3) is 5.91 Å². The van der Waals surface area contributed by atoms with Crippen LogP contribution in [0.25, 0.3) is 5.69 Å². The summed E-state index contributed by atoms with van der Waals surface area (Å²) >= 11 is 12.0. The van der Waals surface area contributed by atoms with E-state index in [9.17, 15) is 4.79 Å². The van der Waals surface area contributed by atoms with Crippen molar-refractivity contribution in [2.75, 3.05) is 6.54 Å². The van der Waals surface area contributed by atoms with Crippen LogP contribution in [0.4, 0.5) is 0 Å². The van der Waals surface area contributed by atoms with Gasteiger partial charge in [-0.3, -0.25) is 4.79 Å². The monoisotopic (exact) mass is 362 g/mol. The highest BCUT2D eigenvalue weighted by molar-refractivity contribution is 6.35. The molecule has 0 saturated heterocycles. The van der Waals surface area contributed by atoms with E-state index in [1.165, 1.54) is 10.9 Å². The average Bonchev–Trinajstić information content (AvgIpc) is 2.88. The van der Waals surface area contributed by atoms with Gasteiger partial charge in [0.05, 0.1) is 22.5 Å². The number of hydrogen-bond donors (Lipinski definition) is 2. The summed E-state index contributed by atoms with van der Waals surface area (Å²) in [7, 11) is 0. The zero-order valence-electron chi connectivity index (χ0n) is 12.1. The molecule has 1 aromatic carbocycles. The van der Waals surface area contributed by atoms with E-state index >= 15 is 0 Å². The fraction of sp³-hybridized carbons (Fsp3) is 0.286. The first-order valence-corrected chi connectivity index (χ1v) is 7.11. The summed E-state index contributed by atoms with van der Waals surface area (Å²) in [6.07, 6.45) is 3.09.